The van der Waals surface area contributed by atoms with E-state index in [0.29, 0.717) is 30.0 Å². The molecule has 7 heteroatoms. The number of nitrogens with zero attached hydrogens (tertiary/aromatic N) is 3. The van der Waals surface area contributed by atoms with Gasteiger partial charge in [-0.1, -0.05) is 6.07 Å². The number of benzene rings is 1. The first-order chi connectivity index (χ1) is 12.5. The van der Waals surface area contributed by atoms with Crippen LogP contribution in [0, 0.1) is 6.92 Å². The lowest BCUT2D eigenvalue weighted by Crippen LogP contribution is -2.30. The number of aliphatic hydroxyl groups excluding tert-OH is 1. The molecule has 1 aliphatic carbocycles. The molecule has 1 saturated carbocycles. The molecular weight excluding hydrogens is 332 g/mol. The highest BCUT2D eigenvalue weighted by Crippen LogP contribution is 2.35. The highest BCUT2D eigenvalue weighted by atomic mass is 16.5. The average Bonchev–Trinajstić information content (AvgIpc) is 3.00. The Labute approximate surface area is 150 Å². The van der Waals surface area contributed by atoms with Gasteiger partial charge in [0, 0.05) is 23.3 Å². The summed E-state index contributed by atoms with van der Waals surface area (Å²) in [6.07, 6.45) is 3.13. The first-order valence-corrected chi connectivity index (χ1v) is 8.53. The lowest BCUT2D eigenvalue weighted by Gasteiger charge is -2.31. The van der Waals surface area contributed by atoms with Crippen LogP contribution in [0.1, 0.15) is 35.1 Å². The summed E-state index contributed by atoms with van der Waals surface area (Å²) in [5, 5.41) is 17.8. The third-order valence-electron chi connectivity index (χ3n) is 4.67. The van der Waals surface area contributed by atoms with Crippen molar-refractivity contribution in [3.05, 3.63) is 47.9 Å². The maximum absolute atomic E-state index is 12.5. The largest absolute Gasteiger partial charge is 0.494 e. The number of fused-ring (bicyclic) bond motifs is 1. The van der Waals surface area contributed by atoms with Crippen LogP contribution in [0.3, 0.4) is 0 Å². The lowest BCUT2D eigenvalue weighted by atomic mass is 9.90. The molecule has 0 unspecified atom stereocenters. The number of hydrogen-bond acceptors (Lipinski definition) is 5. The SMILES string of the molecule is COc1cc2nn(C3CC(O)C3)cc2cc1NC(=O)c1cccc(C)n1. The van der Waals surface area contributed by atoms with Gasteiger partial charge in [0.15, 0.2) is 0 Å². The molecule has 0 bridgehead atoms. The van der Waals surface area contributed by atoms with Crippen LogP contribution in [0.15, 0.2) is 36.5 Å². The van der Waals surface area contributed by atoms with Gasteiger partial charge in [0.25, 0.3) is 5.91 Å². The van der Waals surface area contributed by atoms with Crippen molar-refractivity contribution in [2.45, 2.75) is 31.9 Å². The number of pyridine rings is 1. The standard InChI is InChI=1S/C19H20N4O3/c1-11-4-3-5-15(20-11)19(25)21-17-6-12-10-23(13-7-14(24)8-13)22-16(12)9-18(17)26-2/h3-6,9-10,13-14,24H,7-8H2,1-2H3,(H,21,25). The fourth-order valence-corrected chi connectivity index (χ4v) is 3.16. The van der Waals surface area contributed by atoms with Gasteiger partial charge >= 0.3 is 0 Å². The van der Waals surface area contributed by atoms with Crippen LogP contribution in [0.2, 0.25) is 0 Å². The van der Waals surface area contributed by atoms with Gasteiger partial charge in [-0.2, -0.15) is 5.10 Å². The minimum Gasteiger partial charge on any atom is -0.494 e. The molecule has 1 fully saturated rings. The number of ether oxygens (including phenoxy) is 1. The van der Waals surface area contributed by atoms with E-state index in [1.807, 2.05) is 29.9 Å². The van der Waals surface area contributed by atoms with Crippen LogP contribution in [0.4, 0.5) is 5.69 Å². The molecule has 3 aromatic rings. The lowest BCUT2D eigenvalue weighted by molar-refractivity contribution is 0.0437. The molecule has 4 rings (SSSR count). The second kappa shape index (κ2) is 6.42. The summed E-state index contributed by atoms with van der Waals surface area (Å²) < 4.78 is 7.30. The van der Waals surface area contributed by atoms with E-state index in [1.165, 1.54) is 0 Å². The number of nitrogens with one attached hydrogen (secondary N) is 1. The van der Waals surface area contributed by atoms with Crippen LogP contribution >= 0.6 is 0 Å². The van der Waals surface area contributed by atoms with Crippen LogP contribution in [0.5, 0.6) is 5.75 Å². The fraction of sp³-hybridized carbons (Fsp3) is 0.316. The van der Waals surface area contributed by atoms with Crippen molar-refractivity contribution < 1.29 is 14.6 Å². The predicted octanol–water partition coefficient (Wildman–Crippen LogP) is 2.70. The molecule has 2 heterocycles. The highest BCUT2D eigenvalue weighted by Gasteiger charge is 2.29. The molecule has 1 aliphatic rings. The van der Waals surface area contributed by atoms with Crippen LogP contribution in [-0.4, -0.2) is 39.0 Å². The molecule has 26 heavy (non-hydrogen) atoms. The quantitative estimate of drug-likeness (QED) is 0.753. The normalized spacial score (nSPS) is 19.2. The molecule has 0 atom stereocenters. The molecule has 2 aromatic heterocycles. The van der Waals surface area contributed by atoms with Gasteiger partial charge in [-0.05, 0) is 38.0 Å². The van der Waals surface area contributed by atoms with E-state index < -0.39 is 0 Å². The minimum absolute atomic E-state index is 0.220. The van der Waals surface area contributed by atoms with Crippen molar-refractivity contribution in [3.63, 3.8) is 0 Å². The molecule has 0 saturated heterocycles. The van der Waals surface area contributed by atoms with Crippen molar-refractivity contribution in [2.75, 3.05) is 12.4 Å². The molecule has 2 N–H and O–H groups in total. The maximum atomic E-state index is 12.5. The molecule has 1 amide bonds. The Morgan fingerprint density at radius 2 is 2.15 bits per heavy atom. The number of aromatic nitrogens is 3. The summed E-state index contributed by atoms with van der Waals surface area (Å²) in [7, 11) is 1.56. The third-order valence-corrected chi connectivity index (χ3v) is 4.67. The van der Waals surface area contributed by atoms with Crippen LogP contribution in [0.25, 0.3) is 10.9 Å². The van der Waals surface area contributed by atoms with Crippen molar-refractivity contribution in [1.29, 1.82) is 0 Å². The first kappa shape index (κ1) is 16.5. The van der Waals surface area contributed by atoms with Crippen molar-refractivity contribution >= 4 is 22.5 Å². The van der Waals surface area contributed by atoms with Crippen LogP contribution < -0.4 is 10.1 Å². The molecular formula is C19H20N4O3. The summed E-state index contributed by atoms with van der Waals surface area (Å²) in [5.41, 5.74) is 2.49. The monoisotopic (exact) mass is 352 g/mol. The zero-order valence-corrected chi connectivity index (χ0v) is 14.6. The smallest absolute Gasteiger partial charge is 0.274 e. The second-order valence-corrected chi connectivity index (χ2v) is 6.62. The Morgan fingerprint density at radius 3 is 2.85 bits per heavy atom. The number of carbonyl (C=O) groups excluding carboxylic acids is 1. The van der Waals surface area contributed by atoms with E-state index in [0.717, 1.165) is 16.6 Å². The molecule has 7 nitrogen and oxygen atoms in total. The van der Waals surface area contributed by atoms with Crippen LogP contribution in [-0.2, 0) is 0 Å². The number of carbonyl (C=O) groups is 1. The number of rotatable bonds is 4. The number of aryl methyl sites for hydroxylation is 1. The minimum atomic E-state index is -0.291. The Morgan fingerprint density at radius 1 is 1.35 bits per heavy atom. The van der Waals surface area contributed by atoms with Crippen molar-refractivity contribution in [1.82, 2.24) is 14.8 Å². The van der Waals surface area contributed by atoms with Gasteiger partial charge in [-0.3, -0.25) is 9.48 Å². The third kappa shape index (κ3) is 3.01. The Kier molecular flexibility index (Phi) is 4.08. The van der Waals surface area contributed by atoms with E-state index in [2.05, 4.69) is 15.4 Å². The number of hydrogen-bond donors (Lipinski definition) is 2. The van der Waals surface area contributed by atoms with Gasteiger partial charge in [0.1, 0.15) is 11.4 Å². The van der Waals surface area contributed by atoms with Gasteiger partial charge in [-0.25, -0.2) is 4.98 Å². The zero-order chi connectivity index (χ0) is 18.3. The number of methoxy groups -OCH3 is 1. The number of amides is 1. The van der Waals surface area contributed by atoms with E-state index in [4.69, 9.17) is 4.74 Å². The summed E-state index contributed by atoms with van der Waals surface area (Å²) in [4.78, 5) is 16.7. The van der Waals surface area contributed by atoms with E-state index in [1.54, 1.807) is 25.3 Å². The molecule has 0 spiro atoms. The summed E-state index contributed by atoms with van der Waals surface area (Å²) in [6, 6.07) is 9.19. The van der Waals surface area contributed by atoms with E-state index in [9.17, 15) is 9.90 Å². The van der Waals surface area contributed by atoms with Crippen molar-refractivity contribution in [3.8, 4) is 5.75 Å². The Hall–Kier alpha value is -2.93. The second-order valence-electron chi connectivity index (χ2n) is 6.62. The fourth-order valence-electron chi connectivity index (χ4n) is 3.16. The number of anilines is 1. The van der Waals surface area contributed by atoms with Crippen molar-refractivity contribution in [2.24, 2.45) is 0 Å². The summed E-state index contributed by atoms with van der Waals surface area (Å²) >= 11 is 0. The summed E-state index contributed by atoms with van der Waals surface area (Å²) in [5.74, 6) is 0.248. The van der Waals surface area contributed by atoms with Gasteiger partial charge in [0.2, 0.25) is 0 Å². The molecule has 0 radical (unpaired) electrons. The maximum Gasteiger partial charge on any atom is 0.274 e. The molecule has 0 aliphatic heterocycles. The Bertz CT molecular complexity index is 976. The van der Waals surface area contributed by atoms with E-state index in [-0.39, 0.29) is 18.1 Å². The van der Waals surface area contributed by atoms with Gasteiger partial charge in [-0.15, -0.1) is 0 Å². The molecule has 134 valence electrons. The average molecular weight is 352 g/mol. The predicted molar refractivity (Wildman–Crippen MR) is 97.5 cm³/mol. The van der Waals surface area contributed by atoms with E-state index >= 15 is 0 Å². The van der Waals surface area contributed by atoms with Gasteiger partial charge < -0.3 is 15.2 Å². The molecule has 1 aromatic carbocycles. The Balaban J connectivity index is 1.64. The summed E-state index contributed by atoms with van der Waals surface area (Å²) in [6.45, 7) is 1.84. The van der Waals surface area contributed by atoms with Gasteiger partial charge in [0.05, 0.1) is 30.5 Å². The highest BCUT2D eigenvalue weighted by molar-refractivity contribution is 6.05. The first-order valence-electron chi connectivity index (χ1n) is 8.53. The topological polar surface area (TPSA) is 89.3 Å². The number of aliphatic hydroxyl groups is 1. The zero-order valence-electron chi connectivity index (χ0n) is 14.6.